The second-order valence-electron chi connectivity index (χ2n) is 5.53. The molecule has 1 aromatic rings. The van der Waals surface area contributed by atoms with Crippen molar-refractivity contribution in [1.29, 1.82) is 0 Å². The predicted molar refractivity (Wildman–Crippen MR) is 92.7 cm³/mol. The maximum atomic E-state index is 12.7. The Morgan fingerprint density at radius 1 is 1.09 bits per heavy atom. The zero-order valence-corrected chi connectivity index (χ0v) is 15.0. The zero-order valence-electron chi connectivity index (χ0n) is 12.1. The number of hydrogen-bond acceptors (Lipinski definition) is 3. The Labute approximate surface area is 147 Å². The summed E-state index contributed by atoms with van der Waals surface area (Å²) in [7, 11) is 2.12. The summed E-state index contributed by atoms with van der Waals surface area (Å²) in [4.78, 5) is 29.6. The highest BCUT2D eigenvalue weighted by atomic mass is 127. The molecule has 22 heavy (non-hydrogen) atoms. The fourth-order valence-corrected chi connectivity index (χ4v) is 3.35. The molecule has 0 aliphatic carbocycles. The van der Waals surface area contributed by atoms with E-state index in [1.165, 1.54) is 9.80 Å². The molecule has 0 saturated carbocycles. The van der Waals surface area contributed by atoms with E-state index in [-0.39, 0.29) is 10.9 Å². The van der Waals surface area contributed by atoms with Crippen molar-refractivity contribution >= 4 is 51.7 Å². The van der Waals surface area contributed by atoms with Gasteiger partial charge in [-0.1, -0.05) is 11.6 Å². The molecule has 5 nitrogen and oxygen atoms in total. The van der Waals surface area contributed by atoms with Crippen LogP contribution in [0.25, 0.3) is 0 Å². The standard InChI is InChI=1S/C15H15ClIN3O2/c1-18-6-8-19(9-7-18)13-12(16)14(21)20(15(13)22)11-4-2-10(17)3-5-11/h2-5H,6-9H2,1H3/p+1. The number of anilines is 1. The molecule has 1 aromatic carbocycles. The number of carbonyl (C=O) groups excluding carboxylic acids is 2. The summed E-state index contributed by atoms with van der Waals surface area (Å²) in [5.74, 6) is -0.759. The lowest BCUT2D eigenvalue weighted by Gasteiger charge is -2.31. The van der Waals surface area contributed by atoms with Gasteiger partial charge < -0.3 is 9.80 Å². The SMILES string of the molecule is C[NH+]1CCN(C2=C(Cl)C(=O)N(c3ccc(I)cc3)C2=O)CC1. The number of amides is 2. The number of nitrogens with one attached hydrogen (secondary N) is 1. The van der Waals surface area contributed by atoms with Crippen LogP contribution < -0.4 is 9.80 Å². The van der Waals surface area contributed by atoms with E-state index in [9.17, 15) is 9.59 Å². The average molecular weight is 433 g/mol. The van der Waals surface area contributed by atoms with Gasteiger partial charge in [-0.3, -0.25) is 9.59 Å². The van der Waals surface area contributed by atoms with Crippen LogP contribution in [0.1, 0.15) is 0 Å². The monoisotopic (exact) mass is 432 g/mol. The molecule has 2 aliphatic rings. The molecule has 2 heterocycles. The molecule has 0 radical (unpaired) electrons. The minimum Gasteiger partial charge on any atom is -0.354 e. The number of hydrogen-bond donors (Lipinski definition) is 1. The smallest absolute Gasteiger partial charge is 0.283 e. The molecule has 2 amide bonds. The summed E-state index contributed by atoms with van der Waals surface area (Å²) in [6.45, 7) is 3.32. The van der Waals surface area contributed by atoms with Crippen LogP contribution in [-0.2, 0) is 9.59 Å². The molecule has 0 aromatic heterocycles. The van der Waals surface area contributed by atoms with Crippen LogP contribution >= 0.6 is 34.2 Å². The second kappa shape index (κ2) is 6.17. The van der Waals surface area contributed by atoms with E-state index >= 15 is 0 Å². The first-order valence-electron chi connectivity index (χ1n) is 7.09. The van der Waals surface area contributed by atoms with Crippen LogP contribution in [0.5, 0.6) is 0 Å². The largest absolute Gasteiger partial charge is 0.354 e. The third-order valence-electron chi connectivity index (χ3n) is 4.02. The molecule has 2 aliphatic heterocycles. The van der Waals surface area contributed by atoms with Gasteiger partial charge in [0, 0.05) is 3.57 Å². The number of carbonyl (C=O) groups is 2. The van der Waals surface area contributed by atoms with Gasteiger partial charge in [0.1, 0.15) is 10.7 Å². The summed E-state index contributed by atoms with van der Waals surface area (Å²) >= 11 is 8.37. The molecule has 3 rings (SSSR count). The van der Waals surface area contributed by atoms with Crippen LogP contribution in [0.3, 0.4) is 0 Å². The van der Waals surface area contributed by atoms with Crippen molar-refractivity contribution < 1.29 is 14.5 Å². The normalized spacial score (nSPS) is 20.3. The first-order chi connectivity index (χ1) is 10.5. The van der Waals surface area contributed by atoms with Gasteiger partial charge in [0.15, 0.2) is 0 Å². The van der Waals surface area contributed by atoms with Gasteiger partial charge >= 0.3 is 0 Å². The Hall–Kier alpha value is -1.12. The van der Waals surface area contributed by atoms with Crippen molar-refractivity contribution in [3.05, 3.63) is 38.6 Å². The highest BCUT2D eigenvalue weighted by Crippen LogP contribution is 2.31. The topological polar surface area (TPSA) is 45.1 Å². The fourth-order valence-electron chi connectivity index (χ4n) is 2.70. The number of halogens is 2. The Balaban J connectivity index is 1.88. The summed E-state index contributed by atoms with van der Waals surface area (Å²) in [6.07, 6.45) is 0. The Morgan fingerprint density at radius 3 is 2.27 bits per heavy atom. The minimum absolute atomic E-state index is 0.0307. The van der Waals surface area contributed by atoms with E-state index in [2.05, 4.69) is 29.6 Å². The van der Waals surface area contributed by atoms with Gasteiger partial charge in [-0.2, -0.15) is 0 Å². The van der Waals surface area contributed by atoms with Gasteiger partial charge in [-0.05, 0) is 46.9 Å². The molecule has 0 atom stereocenters. The molecule has 1 fully saturated rings. The molecule has 1 N–H and O–H groups in total. The van der Waals surface area contributed by atoms with Crippen molar-refractivity contribution in [1.82, 2.24) is 4.90 Å². The van der Waals surface area contributed by atoms with Crippen LogP contribution in [0.4, 0.5) is 5.69 Å². The molecule has 1 saturated heterocycles. The molecule has 116 valence electrons. The van der Waals surface area contributed by atoms with Gasteiger partial charge in [-0.25, -0.2) is 4.90 Å². The Bertz CT molecular complexity index is 651. The highest BCUT2D eigenvalue weighted by Gasteiger charge is 2.42. The van der Waals surface area contributed by atoms with Gasteiger partial charge in [0.05, 0.1) is 38.9 Å². The molecule has 0 unspecified atom stereocenters. The van der Waals surface area contributed by atoms with Crippen molar-refractivity contribution in [3.8, 4) is 0 Å². The number of piperazine rings is 1. The third-order valence-corrected chi connectivity index (χ3v) is 5.08. The van der Waals surface area contributed by atoms with Gasteiger partial charge in [0.2, 0.25) is 0 Å². The molecular formula is C15H16ClIN3O2+. The molecule has 0 bridgehead atoms. The molecule has 0 spiro atoms. The lowest BCUT2D eigenvalue weighted by molar-refractivity contribution is -0.883. The number of likely N-dealkylation sites (N-methyl/N-ethyl adjacent to an activating group) is 1. The lowest BCUT2D eigenvalue weighted by Crippen LogP contribution is -3.11. The maximum absolute atomic E-state index is 12.7. The van der Waals surface area contributed by atoms with E-state index in [1.54, 1.807) is 12.1 Å². The van der Waals surface area contributed by atoms with Gasteiger partial charge in [-0.15, -0.1) is 0 Å². The molecule has 7 heteroatoms. The number of rotatable bonds is 2. The third kappa shape index (κ3) is 2.75. The Kier molecular flexibility index (Phi) is 4.42. The predicted octanol–water partition coefficient (Wildman–Crippen LogP) is 0.445. The average Bonchev–Trinajstić information content (AvgIpc) is 2.72. The number of benzene rings is 1. The minimum atomic E-state index is -0.436. The zero-order chi connectivity index (χ0) is 15.9. The van der Waals surface area contributed by atoms with Gasteiger partial charge in [0.25, 0.3) is 11.8 Å². The summed E-state index contributed by atoms with van der Waals surface area (Å²) in [5, 5.41) is 0.0307. The Morgan fingerprint density at radius 2 is 1.68 bits per heavy atom. The summed E-state index contributed by atoms with van der Waals surface area (Å²) in [5.41, 5.74) is 0.904. The number of quaternary nitrogens is 1. The van der Waals surface area contributed by atoms with Crippen molar-refractivity contribution in [3.63, 3.8) is 0 Å². The first-order valence-corrected chi connectivity index (χ1v) is 8.55. The molecular weight excluding hydrogens is 417 g/mol. The number of nitrogens with zero attached hydrogens (tertiary/aromatic N) is 2. The first kappa shape index (κ1) is 15.8. The second-order valence-corrected chi connectivity index (χ2v) is 7.15. The van der Waals surface area contributed by atoms with Crippen LogP contribution in [0.15, 0.2) is 35.0 Å². The quantitative estimate of drug-likeness (QED) is 0.545. The van der Waals surface area contributed by atoms with Crippen LogP contribution in [-0.4, -0.2) is 49.9 Å². The van der Waals surface area contributed by atoms with Crippen LogP contribution in [0, 0.1) is 3.57 Å². The summed E-state index contributed by atoms with van der Waals surface area (Å²) < 4.78 is 1.04. The maximum Gasteiger partial charge on any atom is 0.283 e. The van der Waals surface area contributed by atoms with Crippen molar-refractivity contribution in [2.24, 2.45) is 0 Å². The fraction of sp³-hybridized carbons (Fsp3) is 0.333. The summed E-state index contributed by atoms with van der Waals surface area (Å²) in [6, 6.07) is 7.25. The highest BCUT2D eigenvalue weighted by molar-refractivity contribution is 14.1. The van der Waals surface area contributed by atoms with Crippen molar-refractivity contribution in [2.75, 3.05) is 38.1 Å². The lowest BCUT2D eigenvalue weighted by atomic mass is 10.2. The van der Waals surface area contributed by atoms with Crippen LogP contribution in [0.2, 0.25) is 0 Å². The van der Waals surface area contributed by atoms with E-state index in [0.717, 1.165) is 29.7 Å². The number of imide groups is 1. The van der Waals surface area contributed by atoms with E-state index in [1.807, 2.05) is 17.0 Å². The van der Waals surface area contributed by atoms with E-state index in [0.29, 0.717) is 11.4 Å². The van der Waals surface area contributed by atoms with E-state index < -0.39 is 5.91 Å². The van der Waals surface area contributed by atoms with Crippen molar-refractivity contribution in [2.45, 2.75) is 0 Å². The van der Waals surface area contributed by atoms with E-state index in [4.69, 9.17) is 11.6 Å².